The van der Waals surface area contributed by atoms with Gasteiger partial charge in [-0.2, -0.15) is 0 Å². The minimum atomic E-state index is -3.89. The maximum Gasteiger partial charge on any atom is 0.306 e. The van der Waals surface area contributed by atoms with Crippen LogP contribution in [0.1, 0.15) is 24.2 Å². The van der Waals surface area contributed by atoms with E-state index >= 15 is 0 Å². The molecule has 1 aromatic heterocycles. The minimum Gasteiger partial charge on any atom is -0.463 e. The number of amides is 1. The number of aryl methyl sites for hydroxylation is 2. The van der Waals surface area contributed by atoms with Crippen LogP contribution in [0, 0.1) is 13.8 Å². The first-order valence-corrected chi connectivity index (χ1v) is 11.7. The predicted molar refractivity (Wildman–Crippen MR) is 125 cm³/mol. The van der Waals surface area contributed by atoms with Crippen LogP contribution < -0.4 is 15.4 Å². The molecular formula is C20H25N5O6S2. The summed E-state index contributed by atoms with van der Waals surface area (Å²) in [5.74, 6) is -0.994. The lowest BCUT2D eigenvalue weighted by Gasteiger charge is -2.11. The molecule has 2 aromatic rings. The molecule has 0 unspecified atom stereocenters. The fraction of sp³-hybridized carbons (Fsp3) is 0.350. The summed E-state index contributed by atoms with van der Waals surface area (Å²) in [6, 6.07) is 7.45. The Hall–Kier alpha value is -3.16. The lowest BCUT2D eigenvalue weighted by Crippen LogP contribution is -2.34. The maximum absolute atomic E-state index is 12.6. The Morgan fingerprint density at radius 3 is 2.27 bits per heavy atom. The summed E-state index contributed by atoms with van der Waals surface area (Å²) < 4.78 is 37.1. The van der Waals surface area contributed by atoms with Crippen molar-refractivity contribution in [1.29, 1.82) is 0 Å². The molecule has 0 aliphatic carbocycles. The first kappa shape index (κ1) is 26.1. The number of carbonyl (C=O) groups excluding carboxylic acids is 2. The van der Waals surface area contributed by atoms with Crippen molar-refractivity contribution in [3.05, 3.63) is 41.7 Å². The van der Waals surface area contributed by atoms with E-state index in [1.54, 1.807) is 19.9 Å². The summed E-state index contributed by atoms with van der Waals surface area (Å²) in [4.78, 5) is 31.5. The third-order valence-electron chi connectivity index (χ3n) is 3.99. The standard InChI is InChI=1S/C20H25N5O6S2/c1-13-12-14(2)22-19(21-13)25-33(28,29)16-6-4-15(5-7-16)23-20(32)24-17(26)8-9-18(27)31-11-10-30-3/h4-7,12H,8-11H2,1-3H3,(H,21,22,25)(H2,23,24,26,32). The lowest BCUT2D eigenvalue weighted by molar-refractivity contribution is -0.146. The van der Waals surface area contributed by atoms with Crippen LogP contribution in [0.3, 0.4) is 0 Å². The zero-order valence-electron chi connectivity index (χ0n) is 18.4. The SMILES string of the molecule is COCCOC(=O)CCC(=O)NC(=S)Nc1ccc(S(=O)(=O)Nc2nc(C)cc(C)n2)cc1. The topological polar surface area (TPSA) is 149 Å². The van der Waals surface area contributed by atoms with Gasteiger partial charge in [0.05, 0.1) is 17.9 Å². The Balaban J connectivity index is 1.87. The minimum absolute atomic E-state index is 0.00208. The number of nitrogens with zero attached hydrogens (tertiary/aromatic N) is 2. The first-order chi connectivity index (χ1) is 15.6. The number of anilines is 2. The Bertz CT molecular complexity index is 1090. The van der Waals surface area contributed by atoms with Gasteiger partial charge in [-0.05, 0) is 56.4 Å². The number of ether oxygens (including phenoxy) is 2. The highest BCUT2D eigenvalue weighted by atomic mass is 32.2. The number of aromatic nitrogens is 2. The molecule has 0 saturated carbocycles. The molecule has 0 aliphatic rings. The van der Waals surface area contributed by atoms with Gasteiger partial charge < -0.3 is 20.1 Å². The second-order valence-corrected chi connectivity index (χ2v) is 8.91. The van der Waals surface area contributed by atoms with E-state index in [9.17, 15) is 18.0 Å². The van der Waals surface area contributed by atoms with Gasteiger partial charge in [0, 0.05) is 30.6 Å². The van der Waals surface area contributed by atoms with Crippen LogP contribution in [0.15, 0.2) is 35.2 Å². The second-order valence-electron chi connectivity index (χ2n) is 6.82. The summed E-state index contributed by atoms with van der Waals surface area (Å²) in [5, 5.41) is 5.22. The van der Waals surface area contributed by atoms with Gasteiger partial charge in [0.25, 0.3) is 10.0 Å². The highest BCUT2D eigenvalue weighted by molar-refractivity contribution is 7.92. The molecule has 11 nitrogen and oxygen atoms in total. The van der Waals surface area contributed by atoms with E-state index in [2.05, 4.69) is 25.3 Å². The fourth-order valence-corrected chi connectivity index (χ4v) is 3.72. The zero-order chi connectivity index (χ0) is 24.4. The van der Waals surface area contributed by atoms with Gasteiger partial charge in [-0.15, -0.1) is 0 Å². The summed E-state index contributed by atoms with van der Waals surface area (Å²) in [5.41, 5.74) is 1.73. The molecule has 1 amide bonds. The zero-order valence-corrected chi connectivity index (χ0v) is 20.0. The predicted octanol–water partition coefficient (Wildman–Crippen LogP) is 1.68. The van der Waals surface area contributed by atoms with Gasteiger partial charge in [0.2, 0.25) is 11.9 Å². The van der Waals surface area contributed by atoms with Crippen LogP contribution >= 0.6 is 12.2 Å². The van der Waals surface area contributed by atoms with Crippen molar-refractivity contribution in [2.75, 3.05) is 30.4 Å². The number of carbonyl (C=O) groups is 2. The van der Waals surface area contributed by atoms with Crippen molar-refractivity contribution in [2.24, 2.45) is 0 Å². The largest absolute Gasteiger partial charge is 0.463 e. The van der Waals surface area contributed by atoms with E-state index in [0.29, 0.717) is 17.1 Å². The molecule has 1 heterocycles. The Morgan fingerprint density at radius 2 is 1.67 bits per heavy atom. The maximum atomic E-state index is 12.6. The molecule has 0 fully saturated rings. The number of hydrogen-bond acceptors (Lipinski definition) is 9. The van der Waals surface area contributed by atoms with Crippen molar-refractivity contribution in [1.82, 2.24) is 15.3 Å². The van der Waals surface area contributed by atoms with Crippen LogP contribution in [-0.2, 0) is 29.1 Å². The number of thiocarbonyl (C=S) groups is 1. The van der Waals surface area contributed by atoms with E-state index in [1.165, 1.54) is 31.4 Å². The fourth-order valence-electron chi connectivity index (χ4n) is 2.55. The van der Waals surface area contributed by atoms with Crippen LogP contribution in [-0.4, -0.2) is 55.7 Å². The number of hydrogen-bond donors (Lipinski definition) is 3. The van der Waals surface area contributed by atoms with Gasteiger partial charge in [0.15, 0.2) is 5.11 Å². The smallest absolute Gasteiger partial charge is 0.306 e. The molecular weight excluding hydrogens is 470 g/mol. The monoisotopic (exact) mass is 495 g/mol. The average molecular weight is 496 g/mol. The molecule has 0 atom stereocenters. The first-order valence-electron chi connectivity index (χ1n) is 9.79. The molecule has 0 saturated heterocycles. The Labute approximate surface area is 197 Å². The van der Waals surface area contributed by atoms with E-state index < -0.39 is 21.9 Å². The quantitative estimate of drug-likeness (QED) is 0.252. The number of esters is 1. The second kappa shape index (κ2) is 12.2. The number of rotatable bonds is 10. The summed E-state index contributed by atoms with van der Waals surface area (Å²) in [7, 11) is -2.41. The number of benzene rings is 1. The molecule has 2 rings (SSSR count). The van der Waals surface area contributed by atoms with Crippen LogP contribution in [0.25, 0.3) is 0 Å². The Kier molecular flexibility index (Phi) is 9.63. The summed E-state index contributed by atoms with van der Waals surface area (Å²) in [6.07, 6.45) is -0.196. The molecule has 0 radical (unpaired) electrons. The van der Waals surface area contributed by atoms with Crippen molar-refractivity contribution >= 4 is 50.9 Å². The molecule has 13 heteroatoms. The molecule has 1 aromatic carbocycles. The third-order valence-corrected chi connectivity index (χ3v) is 5.54. The molecule has 0 aliphatic heterocycles. The van der Waals surface area contributed by atoms with Crippen LogP contribution in [0.4, 0.5) is 11.6 Å². The van der Waals surface area contributed by atoms with Crippen LogP contribution in [0.5, 0.6) is 0 Å². The lowest BCUT2D eigenvalue weighted by atomic mass is 10.3. The number of nitrogens with one attached hydrogen (secondary N) is 3. The van der Waals surface area contributed by atoms with Gasteiger partial charge >= 0.3 is 5.97 Å². The Morgan fingerprint density at radius 1 is 1.03 bits per heavy atom. The van der Waals surface area contributed by atoms with Gasteiger partial charge in [0.1, 0.15) is 6.61 Å². The molecule has 33 heavy (non-hydrogen) atoms. The molecule has 0 spiro atoms. The van der Waals surface area contributed by atoms with Crippen molar-refractivity contribution in [2.45, 2.75) is 31.6 Å². The number of methoxy groups -OCH3 is 1. The van der Waals surface area contributed by atoms with Crippen molar-refractivity contribution in [3.63, 3.8) is 0 Å². The van der Waals surface area contributed by atoms with Gasteiger partial charge in [-0.3, -0.25) is 9.59 Å². The normalized spacial score (nSPS) is 10.9. The average Bonchev–Trinajstić information content (AvgIpc) is 2.71. The van der Waals surface area contributed by atoms with Crippen molar-refractivity contribution in [3.8, 4) is 0 Å². The number of sulfonamides is 1. The van der Waals surface area contributed by atoms with E-state index in [0.717, 1.165) is 0 Å². The van der Waals surface area contributed by atoms with E-state index in [1.807, 2.05) is 0 Å². The van der Waals surface area contributed by atoms with Crippen LogP contribution in [0.2, 0.25) is 0 Å². The van der Waals surface area contributed by atoms with E-state index in [4.69, 9.17) is 21.7 Å². The molecule has 0 bridgehead atoms. The van der Waals surface area contributed by atoms with Crippen molar-refractivity contribution < 1.29 is 27.5 Å². The highest BCUT2D eigenvalue weighted by Gasteiger charge is 2.16. The third kappa shape index (κ3) is 9.08. The van der Waals surface area contributed by atoms with Gasteiger partial charge in [-0.25, -0.2) is 23.1 Å². The van der Waals surface area contributed by atoms with E-state index in [-0.39, 0.29) is 42.0 Å². The van der Waals surface area contributed by atoms with Gasteiger partial charge in [-0.1, -0.05) is 0 Å². The molecule has 3 N–H and O–H groups in total. The summed E-state index contributed by atoms with van der Waals surface area (Å²) in [6.45, 7) is 3.88. The highest BCUT2D eigenvalue weighted by Crippen LogP contribution is 2.17. The summed E-state index contributed by atoms with van der Waals surface area (Å²) >= 11 is 5.07. The molecule has 178 valence electrons.